The minimum Gasteiger partial charge on any atom is -0.396 e. The first kappa shape index (κ1) is 18.5. The van der Waals surface area contributed by atoms with Gasteiger partial charge in [0.15, 0.2) is 0 Å². The summed E-state index contributed by atoms with van der Waals surface area (Å²) < 4.78 is 0. The van der Waals surface area contributed by atoms with Gasteiger partial charge in [-0.25, -0.2) is 0 Å². The maximum absolute atomic E-state index is 12.7. The number of nitrogen functional groups attached to an aromatic ring is 1. The summed E-state index contributed by atoms with van der Waals surface area (Å²) in [7, 11) is 0. The Bertz CT molecular complexity index is 1050. The SMILES string of the molecule is Cc1ccc(Nc2sc(C(=O)Nc3ccc(C)c(C)c3)c(N)c2C#N)cc1. The monoisotopic (exact) mass is 376 g/mol. The van der Waals surface area contributed by atoms with Gasteiger partial charge in [-0.15, -0.1) is 11.3 Å². The second-order valence-corrected chi connectivity index (χ2v) is 7.43. The molecule has 0 bridgehead atoms. The Hall–Kier alpha value is -3.30. The number of hydrogen-bond donors (Lipinski definition) is 3. The Balaban J connectivity index is 1.88. The minimum atomic E-state index is -0.325. The Morgan fingerprint density at radius 1 is 1.04 bits per heavy atom. The van der Waals surface area contributed by atoms with Crippen LogP contribution in [0.5, 0.6) is 0 Å². The van der Waals surface area contributed by atoms with E-state index in [9.17, 15) is 10.1 Å². The van der Waals surface area contributed by atoms with Crippen LogP contribution in [0.2, 0.25) is 0 Å². The molecule has 0 aliphatic heterocycles. The number of hydrogen-bond acceptors (Lipinski definition) is 5. The Kier molecular flexibility index (Phi) is 5.15. The van der Waals surface area contributed by atoms with E-state index in [2.05, 4.69) is 16.7 Å². The highest BCUT2D eigenvalue weighted by molar-refractivity contribution is 7.19. The number of rotatable bonds is 4. The van der Waals surface area contributed by atoms with Gasteiger partial charge in [0.05, 0.1) is 5.69 Å². The summed E-state index contributed by atoms with van der Waals surface area (Å²) in [5.41, 5.74) is 11.5. The molecule has 27 heavy (non-hydrogen) atoms. The maximum atomic E-state index is 12.7. The Labute approximate surface area is 162 Å². The fraction of sp³-hybridized carbons (Fsp3) is 0.143. The van der Waals surface area contributed by atoms with E-state index in [4.69, 9.17) is 5.73 Å². The molecular weight excluding hydrogens is 356 g/mol. The third kappa shape index (κ3) is 3.94. The van der Waals surface area contributed by atoms with Gasteiger partial charge in [-0.2, -0.15) is 5.26 Å². The van der Waals surface area contributed by atoms with Crippen molar-refractivity contribution in [3.05, 3.63) is 69.6 Å². The molecule has 1 aromatic heterocycles. The van der Waals surface area contributed by atoms with Crippen molar-refractivity contribution in [3.63, 3.8) is 0 Å². The van der Waals surface area contributed by atoms with Crippen molar-refractivity contribution in [1.29, 1.82) is 5.26 Å². The van der Waals surface area contributed by atoms with Gasteiger partial charge in [-0.3, -0.25) is 4.79 Å². The number of nitrogens with zero attached hydrogens (tertiary/aromatic N) is 1. The first-order valence-electron chi connectivity index (χ1n) is 8.43. The number of aryl methyl sites for hydroxylation is 3. The highest BCUT2D eigenvalue weighted by Crippen LogP contribution is 2.37. The number of benzene rings is 2. The molecule has 3 aromatic rings. The highest BCUT2D eigenvalue weighted by atomic mass is 32.1. The van der Waals surface area contributed by atoms with Crippen LogP contribution in [-0.4, -0.2) is 5.91 Å². The molecule has 0 saturated heterocycles. The predicted molar refractivity (Wildman–Crippen MR) is 112 cm³/mol. The summed E-state index contributed by atoms with van der Waals surface area (Å²) in [6.07, 6.45) is 0. The number of amides is 1. The highest BCUT2D eigenvalue weighted by Gasteiger charge is 2.21. The number of nitriles is 1. The molecule has 5 nitrogen and oxygen atoms in total. The van der Waals surface area contributed by atoms with Crippen LogP contribution in [-0.2, 0) is 0 Å². The topological polar surface area (TPSA) is 90.9 Å². The molecule has 2 aromatic carbocycles. The van der Waals surface area contributed by atoms with Gasteiger partial charge >= 0.3 is 0 Å². The minimum absolute atomic E-state index is 0.193. The number of carbonyl (C=O) groups is 1. The lowest BCUT2D eigenvalue weighted by atomic mass is 10.1. The Morgan fingerprint density at radius 3 is 2.33 bits per heavy atom. The molecule has 1 amide bonds. The van der Waals surface area contributed by atoms with E-state index >= 15 is 0 Å². The lowest BCUT2D eigenvalue weighted by Gasteiger charge is -2.07. The second kappa shape index (κ2) is 7.52. The summed E-state index contributed by atoms with van der Waals surface area (Å²) in [5.74, 6) is -0.325. The van der Waals surface area contributed by atoms with Crippen LogP contribution < -0.4 is 16.4 Å². The molecule has 1 heterocycles. The number of nitrogens with one attached hydrogen (secondary N) is 2. The van der Waals surface area contributed by atoms with Crippen molar-refractivity contribution in [2.45, 2.75) is 20.8 Å². The van der Waals surface area contributed by atoms with Crippen molar-refractivity contribution in [1.82, 2.24) is 0 Å². The zero-order valence-corrected chi connectivity index (χ0v) is 16.2. The fourth-order valence-electron chi connectivity index (χ4n) is 2.59. The third-order valence-corrected chi connectivity index (χ3v) is 5.46. The van der Waals surface area contributed by atoms with Crippen LogP contribution in [0.3, 0.4) is 0 Å². The van der Waals surface area contributed by atoms with Gasteiger partial charge in [-0.1, -0.05) is 23.8 Å². The van der Waals surface area contributed by atoms with Gasteiger partial charge < -0.3 is 16.4 Å². The van der Waals surface area contributed by atoms with Gasteiger partial charge in [0, 0.05) is 11.4 Å². The first-order valence-corrected chi connectivity index (χ1v) is 9.25. The lowest BCUT2D eigenvalue weighted by Crippen LogP contribution is -2.12. The molecule has 0 saturated carbocycles. The van der Waals surface area contributed by atoms with E-state index in [1.807, 2.05) is 63.2 Å². The smallest absolute Gasteiger partial charge is 0.267 e. The third-order valence-electron chi connectivity index (χ3n) is 4.34. The number of carbonyl (C=O) groups excluding carboxylic acids is 1. The molecule has 0 atom stereocenters. The molecule has 4 N–H and O–H groups in total. The first-order chi connectivity index (χ1) is 12.9. The van der Waals surface area contributed by atoms with Crippen LogP contribution in [0.15, 0.2) is 42.5 Å². The quantitative estimate of drug-likeness (QED) is 0.589. The van der Waals surface area contributed by atoms with Gasteiger partial charge in [0.1, 0.15) is 21.5 Å². The average Bonchev–Trinajstić information content (AvgIpc) is 2.95. The van der Waals surface area contributed by atoms with Crippen LogP contribution in [0, 0.1) is 32.1 Å². The zero-order valence-electron chi connectivity index (χ0n) is 15.4. The van der Waals surface area contributed by atoms with E-state index in [1.54, 1.807) is 0 Å². The second-order valence-electron chi connectivity index (χ2n) is 6.40. The molecule has 0 fully saturated rings. The molecule has 0 radical (unpaired) electrons. The maximum Gasteiger partial charge on any atom is 0.267 e. The van der Waals surface area contributed by atoms with Crippen molar-refractivity contribution in [3.8, 4) is 6.07 Å². The normalized spacial score (nSPS) is 10.3. The average molecular weight is 376 g/mol. The molecule has 0 aliphatic carbocycles. The lowest BCUT2D eigenvalue weighted by molar-refractivity contribution is 0.103. The molecule has 3 rings (SSSR count). The van der Waals surface area contributed by atoms with Crippen LogP contribution >= 0.6 is 11.3 Å². The van der Waals surface area contributed by atoms with E-state index in [0.717, 1.165) is 22.4 Å². The molecule has 136 valence electrons. The van der Waals surface area contributed by atoms with Crippen molar-refractivity contribution in [2.24, 2.45) is 0 Å². The van der Waals surface area contributed by atoms with E-state index in [-0.39, 0.29) is 17.2 Å². The van der Waals surface area contributed by atoms with Crippen LogP contribution in [0.25, 0.3) is 0 Å². The molecule has 0 spiro atoms. The molecule has 6 heteroatoms. The van der Waals surface area contributed by atoms with Gasteiger partial charge in [0.25, 0.3) is 5.91 Å². The van der Waals surface area contributed by atoms with E-state index in [1.165, 1.54) is 11.3 Å². The molecule has 0 unspecified atom stereocenters. The van der Waals surface area contributed by atoms with Gasteiger partial charge in [-0.05, 0) is 56.2 Å². The summed E-state index contributed by atoms with van der Waals surface area (Å²) in [6.45, 7) is 6.01. The number of anilines is 4. The Morgan fingerprint density at radius 2 is 1.70 bits per heavy atom. The fourth-order valence-corrected chi connectivity index (χ4v) is 3.57. The van der Waals surface area contributed by atoms with E-state index < -0.39 is 0 Å². The number of thiophene rings is 1. The van der Waals surface area contributed by atoms with Crippen molar-refractivity contribution in [2.75, 3.05) is 16.4 Å². The van der Waals surface area contributed by atoms with Crippen molar-refractivity contribution < 1.29 is 4.79 Å². The summed E-state index contributed by atoms with van der Waals surface area (Å²) in [5, 5.41) is 16.1. The molecule has 0 aliphatic rings. The summed E-state index contributed by atoms with van der Waals surface area (Å²) in [6, 6.07) is 15.6. The van der Waals surface area contributed by atoms with Crippen LogP contribution in [0.1, 0.15) is 31.9 Å². The standard InChI is InChI=1S/C21H20N4OS/c1-12-4-7-15(8-5-12)25-21-17(11-22)18(23)19(27-21)20(26)24-16-9-6-13(2)14(3)10-16/h4-10,25H,23H2,1-3H3,(H,24,26). The van der Waals surface area contributed by atoms with Crippen molar-refractivity contribution >= 4 is 39.3 Å². The summed E-state index contributed by atoms with van der Waals surface area (Å²) >= 11 is 1.17. The van der Waals surface area contributed by atoms with E-state index in [0.29, 0.717) is 15.6 Å². The predicted octanol–water partition coefficient (Wildman–Crippen LogP) is 5.12. The largest absolute Gasteiger partial charge is 0.396 e. The zero-order chi connectivity index (χ0) is 19.6. The van der Waals surface area contributed by atoms with Gasteiger partial charge in [0.2, 0.25) is 0 Å². The summed E-state index contributed by atoms with van der Waals surface area (Å²) in [4.78, 5) is 13.0. The molecular formula is C21H20N4OS. The van der Waals surface area contributed by atoms with Crippen LogP contribution in [0.4, 0.5) is 22.1 Å². The number of nitrogens with two attached hydrogens (primary N) is 1.